The second kappa shape index (κ2) is 5.80. The molecule has 0 spiro atoms. The normalized spacial score (nSPS) is 12.4. The summed E-state index contributed by atoms with van der Waals surface area (Å²) in [5.74, 6) is 0.942. The molecule has 0 aliphatic heterocycles. The molecule has 1 atom stereocenters. The number of benzene rings is 1. The molecule has 2 rings (SSSR count). The van der Waals surface area contributed by atoms with E-state index in [0.717, 1.165) is 12.2 Å². The molecule has 90 valence electrons. The van der Waals surface area contributed by atoms with Gasteiger partial charge < -0.3 is 10.1 Å². The van der Waals surface area contributed by atoms with E-state index in [1.807, 2.05) is 37.0 Å². The zero-order chi connectivity index (χ0) is 12.1. The summed E-state index contributed by atoms with van der Waals surface area (Å²) in [6, 6.07) is 8.42. The highest BCUT2D eigenvalue weighted by Gasteiger charge is 2.13. The molecule has 17 heavy (non-hydrogen) atoms. The molecule has 0 aliphatic rings. The van der Waals surface area contributed by atoms with Gasteiger partial charge in [-0.25, -0.2) is 0 Å². The van der Waals surface area contributed by atoms with E-state index >= 15 is 0 Å². The molecule has 0 saturated heterocycles. The maximum atomic E-state index is 5.37. The number of methoxy groups -OCH3 is 1. The summed E-state index contributed by atoms with van der Waals surface area (Å²) < 4.78 is 5.37. The van der Waals surface area contributed by atoms with Gasteiger partial charge in [-0.05, 0) is 25.1 Å². The van der Waals surface area contributed by atoms with Gasteiger partial charge >= 0.3 is 0 Å². The van der Waals surface area contributed by atoms with Crippen LogP contribution < -0.4 is 10.1 Å². The van der Waals surface area contributed by atoms with Crippen molar-refractivity contribution in [2.75, 3.05) is 14.2 Å². The molecular formula is C13H16N2OS. The van der Waals surface area contributed by atoms with E-state index in [1.54, 1.807) is 18.4 Å². The lowest BCUT2D eigenvalue weighted by atomic mass is 10.0. The number of aromatic nitrogens is 1. The van der Waals surface area contributed by atoms with Gasteiger partial charge in [-0.2, -0.15) is 0 Å². The standard InChI is InChI=1S/C13H16N2OS/c1-14-11(13-8-15-9-17-13)7-10-5-3-4-6-12(10)16-2/h3-6,8-9,11,14H,7H2,1-2H3. The summed E-state index contributed by atoms with van der Waals surface area (Å²) in [5.41, 5.74) is 3.07. The molecule has 2 aromatic rings. The summed E-state index contributed by atoms with van der Waals surface area (Å²) in [5, 5.41) is 3.32. The van der Waals surface area contributed by atoms with Gasteiger partial charge in [-0.3, -0.25) is 4.98 Å². The summed E-state index contributed by atoms with van der Waals surface area (Å²) in [6.07, 6.45) is 2.82. The van der Waals surface area contributed by atoms with Crippen LogP contribution in [0.2, 0.25) is 0 Å². The number of hydrogen-bond donors (Lipinski definition) is 1. The molecule has 1 aromatic heterocycles. The third-order valence-electron chi connectivity index (χ3n) is 2.76. The number of hydrogen-bond acceptors (Lipinski definition) is 4. The molecule has 3 nitrogen and oxygen atoms in total. The SMILES string of the molecule is CNC(Cc1ccccc1OC)c1cncs1. The zero-order valence-corrected chi connectivity index (χ0v) is 10.8. The van der Waals surface area contributed by atoms with Crippen LogP contribution in [0.25, 0.3) is 0 Å². The summed E-state index contributed by atoms with van der Waals surface area (Å²) in [6.45, 7) is 0. The quantitative estimate of drug-likeness (QED) is 0.883. The highest BCUT2D eigenvalue weighted by atomic mass is 32.1. The first-order valence-corrected chi connectivity index (χ1v) is 6.40. The Balaban J connectivity index is 2.18. The number of likely N-dealkylation sites (N-methyl/N-ethyl adjacent to an activating group) is 1. The molecule has 1 aromatic carbocycles. The molecule has 4 heteroatoms. The van der Waals surface area contributed by atoms with Crippen LogP contribution in [0.1, 0.15) is 16.5 Å². The molecule has 1 heterocycles. The Morgan fingerprint density at radius 3 is 2.88 bits per heavy atom. The summed E-state index contributed by atoms with van der Waals surface area (Å²) >= 11 is 1.67. The molecule has 0 bridgehead atoms. The molecule has 1 N–H and O–H groups in total. The Kier molecular flexibility index (Phi) is 4.12. The number of nitrogens with zero attached hydrogens (tertiary/aromatic N) is 1. The highest BCUT2D eigenvalue weighted by molar-refractivity contribution is 7.09. The van der Waals surface area contributed by atoms with Gasteiger partial charge in [0, 0.05) is 17.1 Å². The lowest BCUT2D eigenvalue weighted by Gasteiger charge is -2.16. The lowest BCUT2D eigenvalue weighted by molar-refractivity contribution is 0.406. The number of thiazole rings is 1. The van der Waals surface area contributed by atoms with Gasteiger partial charge in [0.1, 0.15) is 5.75 Å². The maximum absolute atomic E-state index is 5.37. The first-order valence-electron chi connectivity index (χ1n) is 5.52. The number of rotatable bonds is 5. The Labute approximate surface area is 105 Å². The Bertz CT molecular complexity index is 456. The maximum Gasteiger partial charge on any atom is 0.122 e. The zero-order valence-electron chi connectivity index (χ0n) is 10.0. The number of nitrogens with one attached hydrogen (secondary N) is 1. The predicted octanol–water partition coefficient (Wildman–Crippen LogP) is 2.65. The monoisotopic (exact) mass is 248 g/mol. The van der Waals surface area contributed by atoms with Crippen molar-refractivity contribution < 1.29 is 4.74 Å². The first kappa shape index (κ1) is 12.1. The topological polar surface area (TPSA) is 34.1 Å². The van der Waals surface area contributed by atoms with Gasteiger partial charge in [0.05, 0.1) is 12.6 Å². The molecule has 0 radical (unpaired) electrons. The van der Waals surface area contributed by atoms with Gasteiger partial charge in [-0.1, -0.05) is 18.2 Å². The van der Waals surface area contributed by atoms with Crippen molar-refractivity contribution in [3.63, 3.8) is 0 Å². The van der Waals surface area contributed by atoms with Gasteiger partial charge in [0.25, 0.3) is 0 Å². The first-order chi connectivity index (χ1) is 8.35. The fraction of sp³-hybridized carbons (Fsp3) is 0.308. The molecule has 0 aliphatic carbocycles. The van der Waals surface area contributed by atoms with Crippen LogP contribution in [0.15, 0.2) is 36.0 Å². The molecule has 0 saturated carbocycles. The molecule has 1 unspecified atom stereocenters. The van der Waals surface area contributed by atoms with Crippen molar-refractivity contribution in [1.82, 2.24) is 10.3 Å². The minimum atomic E-state index is 0.291. The fourth-order valence-electron chi connectivity index (χ4n) is 1.83. The van der Waals surface area contributed by atoms with Crippen LogP contribution in [0, 0.1) is 0 Å². The Hall–Kier alpha value is -1.39. The van der Waals surface area contributed by atoms with Crippen LogP contribution in [0.3, 0.4) is 0 Å². The van der Waals surface area contributed by atoms with Crippen LogP contribution in [0.4, 0.5) is 0 Å². The predicted molar refractivity (Wildman–Crippen MR) is 70.6 cm³/mol. The van der Waals surface area contributed by atoms with E-state index in [1.165, 1.54) is 10.4 Å². The van der Waals surface area contributed by atoms with Crippen molar-refractivity contribution in [3.05, 3.63) is 46.4 Å². The van der Waals surface area contributed by atoms with Crippen molar-refractivity contribution in [1.29, 1.82) is 0 Å². The van der Waals surface area contributed by atoms with Crippen molar-refractivity contribution in [3.8, 4) is 5.75 Å². The van der Waals surface area contributed by atoms with Crippen LogP contribution in [0.5, 0.6) is 5.75 Å². The van der Waals surface area contributed by atoms with E-state index < -0.39 is 0 Å². The number of ether oxygens (including phenoxy) is 1. The second-order valence-electron chi connectivity index (χ2n) is 3.76. The minimum Gasteiger partial charge on any atom is -0.496 e. The van der Waals surface area contributed by atoms with Crippen LogP contribution in [-0.2, 0) is 6.42 Å². The summed E-state index contributed by atoms with van der Waals surface area (Å²) in [4.78, 5) is 5.37. The van der Waals surface area contributed by atoms with Crippen LogP contribution in [-0.4, -0.2) is 19.1 Å². The smallest absolute Gasteiger partial charge is 0.122 e. The lowest BCUT2D eigenvalue weighted by Crippen LogP contribution is -2.18. The Morgan fingerprint density at radius 2 is 2.24 bits per heavy atom. The van der Waals surface area contributed by atoms with E-state index in [2.05, 4.69) is 16.4 Å². The Morgan fingerprint density at radius 1 is 1.41 bits per heavy atom. The van der Waals surface area contributed by atoms with E-state index in [9.17, 15) is 0 Å². The van der Waals surface area contributed by atoms with Gasteiger partial charge in [0.15, 0.2) is 0 Å². The third kappa shape index (κ3) is 2.84. The number of para-hydroxylation sites is 1. The van der Waals surface area contributed by atoms with Crippen LogP contribution >= 0.6 is 11.3 Å². The van der Waals surface area contributed by atoms with Crippen molar-refractivity contribution in [2.45, 2.75) is 12.5 Å². The molecular weight excluding hydrogens is 232 g/mol. The third-order valence-corrected chi connectivity index (χ3v) is 3.65. The average Bonchev–Trinajstić information content (AvgIpc) is 2.90. The average molecular weight is 248 g/mol. The molecule has 0 fully saturated rings. The van der Waals surface area contributed by atoms with E-state index in [4.69, 9.17) is 4.74 Å². The van der Waals surface area contributed by atoms with E-state index in [-0.39, 0.29) is 0 Å². The van der Waals surface area contributed by atoms with E-state index in [0.29, 0.717) is 6.04 Å². The highest BCUT2D eigenvalue weighted by Crippen LogP contribution is 2.26. The second-order valence-corrected chi connectivity index (χ2v) is 4.68. The largest absolute Gasteiger partial charge is 0.496 e. The molecule has 0 amide bonds. The van der Waals surface area contributed by atoms with Gasteiger partial charge in [0.2, 0.25) is 0 Å². The van der Waals surface area contributed by atoms with Crippen molar-refractivity contribution in [2.24, 2.45) is 0 Å². The van der Waals surface area contributed by atoms with Crippen molar-refractivity contribution >= 4 is 11.3 Å². The fourth-order valence-corrected chi connectivity index (χ4v) is 2.56. The summed E-state index contributed by atoms with van der Waals surface area (Å²) in [7, 11) is 3.68. The van der Waals surface area contributed by atoms with Gasteiger partial charge in [-0.15, -0.1) is 11.3 Å². The minimum absolute atomic E-state index is 0.291.